The van der Waals surface area contributed by atoms with E-state index < -0.39 is 20.5 Å². The topological polar surface area (TPSA) is 114 Å². The first-order valence-corrected chi connectivity index (χ1v) is 8.77. The quantitative estimate of drug-likeness (QED) is 0.590. The Hall–Kier alpha value is -2.26. The molecular weight excluding hydrogens is 320 g/mol. The predicted octanol–water partition coefficient (Wildman–Crippen LogP) is 0.644. The molecule has 0 radical (unpaired) electrons. The van der Waals surface area contributed by atoms with Gasteiger partial charge in [0, 0.05) is 18.4 Å². The minimum absolute atomic E-state index is 0.0458. The van der Waals surface area contributed by atoms with E-state index >= 15 is 0 Å². The van der Waals surface area contributed by atoms with Gasteiger partial charge in [0.2, 0.25) is 0 Å². The van der Waals surface area contributed by atoms with Gasteiger partial charge in [-0.05, 0) is 13.3 Å². The summed E-state index contributed by atoms with van der Waals surface area (Å²) >= 11 is 0. The molecule has 0 saturated heterocycles. The molecule has 8 nitrogen and oxygen atoms in total. The van der Waals surface area contributed by atoms with Crippen molar-refractivity contribution in [3.05, 3.63) is 36.5 Å². The van der Waals surface area contributed by atoms with E-state index in [-0.39, 0.29) is 13.0 Å². The summed E-state index contributed by atoms with van der Waals surface area (Å²) in [5.41, 5.74) is 2.95. The SMILES string of the molecule is CC(CCn1cc(-c2ccccc2)nn1)(C(=O)NO)S(C)(=O)=O. The Morgan fingerprint density at radius 2 is 2.00 bits per heavy atom. The van der Waals surface area contributed by atoms with Gasteiger partial charge in [0.15, 0.2) is 14.6 Å². The molecule has 0 spiro atoms. The molecule has 0 bridgehead atoms. The van der Waals surface area contributed by atoms with Crippen LogP contribution in [0, 0.1) is 0 Å². The average Bonchev–Trinajstić information content (AvgIpc) is 3.00. The van der Waals surface area contributed by atoms with Crippen LogP contribution < -0.4 is 5.48 Å². The number of carbonyl (C=O) groups excluding carboxylic acids is 1. The second-order valence-corrected chi connectivity index (χ2v) is 7.87. The molecule has 2 N–H and O–H groups in total. The van der Waals surface area contributed by atoms with E-state index in [4.69, 9.17) is 5.21 Å². The summed E-state index contributed by atoms with van der Waals surface area (Å²) in [4.78, 5) is 11.7. The summed E-state index contributed by atoms with van der Waals surface area (Å²) in [6.45, 7) is 1.43. The van der Waals surface area contributed by atoms with E-state index in [0.29, 0.717) is 5.69 Å². The molecule has 124 valence electrons. The van der Waals surface area contributed by atoms with Gasteiger partial charge in [0.1, 0.15) is 5.69 Å². The number of carbonyl (C=O) groups is 1. The third kappa shape index (κ3) is 3.57. The fourth-order valence-electron chi connectivity index (χ4n) is 2.06. The average molecular weight is 338 g/mol. The number of amides is 1. The van der Waals surface area contributed by atoms with E-state index in [2.05, 4.69) is 10.3 Å². The molecule has 2 rings (SSSR count). The van der Waals surface area contributed by atoms with Crippen molar-refractivity contribution < 1.29 is 18.4 Å². The van der Waals surface area contributed by atoms with E-state index in [9.17, 15) is 13.2 Å². The van der Waals surface area contributed by atoms with Crippen LogP contribution in [-0.4, -0.2) is 45.5 Å². The first kappa shape index (κ1) is 17.1. The van der Waals surface area contributed by atoms with Gasteiger partial charge in [-0.3, -0.25) is 14.7 Å². The monoisotopic (exact) mass is 338 g/mol. The lowest BCUT2D eigenvalue weighted by molar-refractivity contribution is -0.131. The van der Waals surface area contributed by atoms with Gasteiger partial charge in [-0.15, -0.1) is 5.10 Å². The maximum atomic E-state index is 11.9. The number of aromatic nitrogens is 3. The molecule has 9 heteroatoms. The molecule has 2 aromatic rings. The van der Waals surface area contributed by atoms with Gasteiger partial charge in [-0.2, -0.15) is 0 Å². The fraction of sp³-hybridized carbons (Fsp3) is 0.357. The van der Waals surface area contributed by atoms with Crippen LogP contribution in [0.5, 0.6) is 0 Å². The molecule has 0 aliphatic carbocycles. The molecule has 1 aromatic carbocycles. The molecule has 0 saturated carbocycles. The summed E-state index contributed by atoms with van der Waals surface area (Å²) in [6, 6.07) is 9.41. The number of aryl methyl sites for hydroxylation is 1. The van der Waals surface area contributed by atoms with Gasteiger partial charge >= 0.3 is 0 Å². The first-order chi connectivity index (χ1) is 10.8. The van der Waals surface area contributed by atoms with Crippen LogP contribution in [0.25, 0.3) is 11.3 Å². The molecule has 1 atom stereocenters. The van der Waals surface area contributed by atoms with Gasteiger partial charge < -0.3 is 0 Å². The van der Waals surface area contributed by atoms with Crippen molar-refractivity contribution >= 4 is 15.7 Å². The Balaban J connectivity index is 2.17. The highest BCUT2D eigenvalue weighted by Crippen LogP contribution is 2.22. The maximum absolute atomic E-state index is 11.9. The van der Waals surface area contributed by atoms with Crippen molar-refractivity contribution in [1.29, 1.82) is 0 Å². The summed E-state index contributed by atoms with van der Waals surface area (Å²) in [5.74, 6) is -0.969. The normalized spacial score (nSPS) is 14.2. The molecule has 0 fully saturated rings. The molecule has 1 unspecified atom stereocenters. The molecule has 23 heavy (non-hydrogen) atoms. The van der Waals surface area contributed by atoms with Crippen LogP contribution in [0.1, 0.15) is 13.3 Å². The molecule has 1 amide bonds. The minimum Gasteiger partial charge on any atom is -0.289 e. The zero-order chi connectivity index (χ0) is 17.1. The van der Waals surface area contributed by atoms with Crippen molar-refractivity contribution in [2.24, 2.45) is 0 Å². The third-order valence-electron chi connectivity index (χ3n) is 3.83. The Bertz CT molecular complexity index is 788. The van der Waals surface area contributed by atoms with E-state index in [1.807, 2.05) is 30.3 Å². The van der Waals surface area contributed by atoms with Crippen molar-refractivity contribution in [3.63, 3.8) is 0 Å². The van der Waals surface area contributed by atoms with Gasteiger partial charge in [-0.1, -0.05) is 35.5 Å². The standard InChI is InChI=1S/C14H18N4O4S/c1-14(13(19)16-20,23(2,21)22)8-9-18-10-12(15-17-18)11-6-4-3-5-7-11/h3-7,10,20H,8-9H2,1-2H3,(H,16,19). The highest BCUT2D eigenvalue weighted by Gasteiger charge is 2.43. The highest BCUT2D eigenvalue weighted by atomic mass is 32.2. The largest absolute Gasteiger partial charge is 0.289 e. The van der Waals surface area contributed by atoms with Crippen LogP contribution in [0.2, 0.25) is 0 Å². The predicted molar refractivity (Wildman–Crippen MR) is 83.3 cm³/mol. The zero-order valence-corrected chi connectivity index (χ0v) is 13.6. The zero-order valence-electron chi connectivity index (χ0n) is 12.8. The lowest BCUT2D eigenvalue weighted by Gasteiger charge is -2.24. The number of benzene rings is 1. The van der Waals surface area contributed by atoms with Crippen LogP contribution in [0.4, 0.5) is 0 Å². The van der Waals surface area contributed by atoms with Crippen LogP contribution in [0.15, 0.2) is 36.5 Å². The third-order valence-corrected chi connectivity index (χ3v) is 5.85. The molecule has 0 aliphatic heterocycles. The van der Waals surface area contributed by atoms with Crippen molar-refractivity contribution in [2.75, 3.05) is 6.26 Å². The Kier molecular flexibility index (Phi) is 4.81. The number of rotatable bonds is 6. The Labute approximate surface area is 134 Å². The van der Waals surface area contributed by atoms with Gasteiger partial charge in [0.05, 0.1) is 6.20 Å². The van der Waals surface area contributed by atoms with Crippen molar-refractivity contribution in [3.8, 4) is 11.3 Å². The minimum atomic E-state index is -3.72. The number of hydrogen-bond donors (Lipinski definition) is 2. The fourth-order valence-corrected chi connectivity index (χ4v) is 2.91. The van der Waals surface area contributed by atoms with E-state index in [1.165, 1.54) is 17.1 Å². The Morgan fingerprint density at radius 1 is 1.35 bits per heavy atom. The van der Waals surface area contributed by atoms with Crippen LogP contribution >= 0.6 is 0 Å². The number of hydrogen-bond acceptors (Lipinski definition) is 6. The summed E-state index contributed by atoms with van der Waals surface area (Å²) in [6.07, 6.45) is 2.59. The number of sulfone groups is 1. The summed E-state index contributed by atoms with van der Waals surface area (Å²) in [5, 5.41) is 16.8. The lowest BCUT2D eigenvalue weighted by atomic mass is 10.1. The second-order valence-electron chi connectivity index (χ2n) is 5.43. The number of hydroxylamine groups is 1. The van der Waals surface area contributed by atoms with Gasteiger partial charge in [0.25, 0.3) is 5.91 Å². The van der Waals surface area contributed by atoms with Crippen molar-refractivity contribution in [2.45, 2.75) is 24.6 Å². The smallest absolute Gasteiger partial charge is 0.264 e. The number of nitrogens with one attached hydrogen (secondary N) is 1. The lowest BCUT2D eigenvalue weighted by Crippen LogP contribution is -2.49. The van der Waals surface area contributed by atoms with E-state index in [1.54, 1.807) is 6.20 Å². The maximum Gasteiger partial charge on any atom is 0.264 e. The summed E-state index contributed by atoms with van der Waals surface area (Å²) < 4.78 is 23.5. The molecule has 0 aliphatic rings. The first-order valence-electron chi connectivity index (χ1n) is 6.87. The highest BCUT2D eigenvalue weighted by molar-refractivity contribution is 7.92. The van der Waals surface area contributed by atoms with Crippen LogP contribution in [0.3, 0.4) is 0 Å². The van der Waals surface area contributed by atoms with Gasteiger partial charge in [-0.25, -0.2) is 13.9 Å². The number of nitrogens with zero attached hydrogens (tertiary/aromatic N) is 3. The molecule has 1 heterocycles. The second kappa shape index (κ2) is 6.47. The summed E-state index contributed by atoms with van der Waals surface area (Å²) in [7, 11) is -3.72. The molecule has 1 aromatic heterocycles. The van der Waals surface area contributed by atoms with Crippen molar-refractivity contribution in [1.82, 2.24) is 20.5 Å². The molecular formula is C14H18N4O4S. The van der Waals surface area contributed by atoms with E-state index in [0.717, 1.165) is 11.8 Å². The van der Waals surface area contributed by atoms with Crippen LogP contribution in [-0.2, 0) is 21.2 Å². The Morgan fingerprint density at radius 3 is 2.57 bits per heavy atom.